The van der Waals surface area contributed by atoms with Crippen molar-refractivity contribution in [2.45, 2.75) is 13.0 Å². The first-order chi connectivity index (χ1) is 9.97. The predicted molar refractivity (Wildman–Crippen MR) is 75.9 cm³/mol. The molecule has 0 spiro atoms. The maximum Gasteiger partial charge on any atom is 0.265 e. The van der Waals surface area contributed by atoms with Crippen molar-refractivity contribution in [1.29, 1.82) is 0 Å². The van der Waals surface area contributed by atoms with Crippen molar-refractivity contribution < 1.29 is 18.3 Å². The number of rotatable bonds is 4. The minimum absolute atomic E-state index is 0.0211. The van der Waals surface area contributed by atoms with Crippen LogP contribution in [0.5, 0.6) is 5.75 Å². The number of nitrogen functional groups attached to an aromatic ring is 1. The highest BCUT2D eigenvalue weighted by Gasteiger charge is 2.17. The summed E-state index contributed by atoms with van der Waals surface area (Å²) in [5, 5.41) is 2.50. The van der Waals surface area contributed by atoms with E-state index in [0.29, 0.717) is 0 Å². The summed E-state index contributed by atoms with van der Waals surface area (Å²) in [6, 6.07) is 9.39. The van der Waals surface area contributed by atoms with Gasteiger partial charge in [-0.2, -0.15) is 0 Å². The fraction of sp³-hybridized carbons (Fsp3) is 0.133. The molecular formula is C15H14F2N2O2. The molecule has 1 amide bonds. The van der Waals surface area contributed by atoms with Crippen molar-refractivity contribution in [3.05, 3.63) is 54.1 Å². The lowest BCUT2D eigenvalue weighted by Gasteiger charge is -2.16. The molecule has 6 heteroatoms. The Hall–Kier alpha value is -2.63. The van der Waals surface area contributed by atoms with Crippen LogP contribution in [-0.2, 0) is 4.79 Å². The first-order valence-electron chi connectivity index (χ1n) is 6.24. The van der Waals surface area contributed by atoms with Crippen molar-refractivity contribution >= 4 is 17.3 Å². The molecule has 3 N–H and O–H groups in total. The summed E-state index contributed by atoms with van der Waals surface area (Å²) in [5.74, 6) is -1.59. The van der Waals surface area contributed by atoms with Crippen molar-refractivity contribution in [3.8, 4) is 5.75 Å². The van der Waals surface area contributed by atoms with Gasteiger partial charge in [-0.1, -0.05) is 12.1 Å². The molecule has 0 heterocycles. The molecule has 2 rings (SSSR count). The molecule has 110 valence electrons. The molecule has 0 aromatic heterocycles. The number of anilines is 2. The third-order valence-electron chi connectivity index (χ3n) is 2.78. The Labute approximate surface area is 120 Å². The van der Waals surface area contributed by atoms with Crippen LogP contribution >= 0.6 is 0 Å². The highest BCUT2D eigenvalue weighted by atomic mass is 19.1. The van der Waals surface area contributed by atoms with E-state index in [1.165, 1.54) is 37.3 Å². The number of para-hydroxylation sites is 1. The molecule has 2 aromatic rings. The third-order valence-corrected chi connectivity index (χ3v) is 2.78. The summed E-state index contributed by atoms with van der Waals surface area (Å²) >= 11 is 0. The van der Waals surface area contributed by atoms with Crippen molar-refractivity contribution in [2.24, 2.45) is 0 Å². The molecule has 0 bridgehead atoms. The molecule has 0 fully saturated rings. The first-order valence-corrected chi connectivity index (χ1v) is 6.24. The SMILES string of the molecule is CC(Oc1ccccc1F)C(=O)Nc1ccc(F)cc1N. The molecule has 21 heavy (non-hydrogen) atoms. The molecule has 0 saturated heterocycles. The number of carbonyl (C=O) groups excluding carboxylic acids is 1. The average molecular weight is 292 g/mol. The van der Waals surface area contributed by atoms with E-state index in [1.807, 2.05) is 0 Å². The Morgan fingerprint density at radius 3 is 2.62 bits per heavy atom. The lowest BCUT2D eigenvalue weighted by molar-refractivity contribution is -0.122. The van der Waals surface area contributed by atoms with Gasteiger partial charge in [0.25, 0.3) is 5.91 Å². The number of hydrogen-bond donors (Lipinski definition) is 2. The minimum atomic E-state index is -0.939. The van der Waals surface area contributed by atoms with Crippen LogP contribution in [0.15, 0.2) is 42.5 Å². The number of carbonyl (C=O) groups is 1. The Bertz CT molecular complexity index is 662. The van der Waals surface area contributed by atoms with E-state index in [-0.39, 0.29) is 17.1 Å². The average Bonchev–Trinajstić information content (AvgIpc) is 2.44. The van der Waals surface area contributed by atoms with Crippen LogP contribution in [0.2, 0.25) is 0 Å². The highest BCUT2D eigenvalue weighted by Crippen LogP contribution is 2.21. The monoisotopic (exact) mass is 292 g/mol. The second-order valence-electron chi connectivity index (χ2n) is 4.41. The largest absolute Gasteiger partial charge is 0.478 e. The summed E-state index contributed by atoms with van der Waals surface area (Å²) in [7, 11) is 0. The zero-order chi connectivity index (χ0) is 15.4. The van der Waals surface area contributed by atoms with Crippen LogP contribution in [0, 0.1) is 11.6 Å². The Balaban J connectivity index is 2.04. The fourth-order valence-electron chi connectivity index (χ4n) is 1.67. The number of nitrogens with two attached hydrogens (primary N) is 1. The molecule has 0 radical (unpaired) electrons. The topological polar surface area (TPSA) is 64.3 Å². The van der Waals surface area contributed by atoms with Gasteiger partial charge < -0.3 is 15.8 Å². The van der Waals surface area contributed by atoms with Gasteiger partial charge in [0, 0.05) is 0 Å². The second-order valence-corrected chi connectivity index (χ2v) is 4.41. The lowest BCUT2D eigenvalue weighted by atomic mass is 10.2. The standard InChI is InChI=1S/C15H14F2N2O2/c1-9(21-14-5-3-2-4-11(14)17)15(20)19-13-7-6-10(16)8-12(13)18/h2-9H,18H2,1H3,(H,19,20). The summed E-state index contributed by atoms with van der Waals surface area (Å²) in [5.41, 5.74) is 5.96. The molecule has 0 aliphatic heterocycles. The van der Waals surface area contributed by atoms with Gasteiger partial charge in [0.1, 0.15) is 5.82 Å². The second kappa shape index (κ2) is 6.21. The smallest absolute Gasteiger partial charge is 0.265 e. The van der Waals surface area contributed by atoms with Crippen LogP contribution in [-0.4, -0.2) is 12.0 Å². The van der Waals surface area contributed by atoms with E-state index in [1.54, 1.807) is 6.07 Å². The quantitative estimate of drug-likeness (QED) is 0.852. The number of benzene rings is 2. The predicted octanol–water partition coefficient (Wildman–Crippen LogP) is 2.95. The fourth-order valence-corrected chi connectivity index (χ4v) is 1.67. The summed E-state index contributed by atoms with van der Waals surface area (Å²) in [6.45, 7) is 1.47. The normalized spacial score (nSPS) is 11.8. The molecular weight excluding hydrogens is 278 g/mol. The van der Waals surface area contributed by atoms with E-state index in [2.05, 4.69) is 5.32 Å². The minimum Gasteiger partial charge on any atom is -0.478 e. The summed E-state index contributed by atoms with van der Waals surface area (Å²) in [6.07, 6.45) is -0.939. The number of hydrogen-bond acceptors (Lipinski definition) is 3. The van der Waals surface area contributed by atoms with Gasteiger partial charge in [0.15, 0.2) is 17.7 Å². The van der Waals surface area contributed by atoms with Crippen molar-refractivity contribution in [3.63, 3.8) is 0 Å². The molecule has 0 aliphatic rings. The Morgan fingerprint density at radius 2 is 1.95 bits per heavy atom. The van der Waals surface area contributed by atoms with Gasteiger partial charge >= 0.3 is 0 Å². The molecule has 1 atom stereocenters. The number of halogens is 2. The van der Waals surface area contributed by atoms with E-state index in [4.69, 9.17) is 10.5 Å². The van der Waals surface area contributed by atoms with Gasteiger partial charge in [0.2, 0.25) is 0 Å². The van der Waals surface area contributed by atoms with Crippen LogP contribution in [0.3, 0.4) is 0 Å². The number of amides is 1. The van der Waals surface area contributed by atoms with E-state index >= 15 is 0 Å². The van der Waals surface area contributed by atoms with E-state index in [0.717, 1.165) is 6.07 Å². The number of nitrogens with one attached hydrogen (secondary N) is 1. The lowest BCUT2D eigenvalue weighted by Crippen LogP contribution is -2.30. The highest BCUT2D eigenvalue weighted by molar-refractivity contribution is 5.96. The Morgan fingerprint density at radius 1 is 1.24 bits per heavy atom. The zero-order valence-electron chi connectivity index (χ0n) is 11.3. The molecule has 4 nitrogen and oxygen atoms in total. The first kappa shape index (κ1) is 14.8. The van der Waals surface area contributed by atoms with E-state index in [9.17, 15) is 13.6 Å². The maximum atomic E-state index is 13.4. The van der Waals surface area contributed by atoms with Crippen LogP contribution in [0.25, 0.3) is 0 Å². The van der Waals surface area contributed by atoms with Gasteiger partial charge in [-0.3, -0.25) is 4.79 Å². The van der Waals surface area contributed by atoms with Crippen molar-refractivity contribution in [1.82, 2.24) is 0 Å². The van der Waals surface area contributed by atoms with Crippen LogP contribution < -0.4 is 15.8 Å². The third kappa shape index (κ3) is 3.68. The molecule has 0 saturated carbocycles. The maximum absolute atomic E-state index is 13.4. The van der Waals surface area contributed by atoms with Gasteiger partial charge in [0.05, 0.1) is 11.4 Å². The van der Waals surface area contributed by atoms with Gasteiger partial charge in [-0.25, -0.2) is 8.78 Å². The number of ether oxygens (including phenoxy) is 1. The zero-order valence-corrected chi connectivity index (χ0v) is 11.3. The van der Waals surface area contributed by atoms with Crippen molar-refractivity contribution in [2.75, 3.05) is 11.1 Å². The summed E-state index contributed by atoms with van der Waals surface area (Å²) in [4.78, 5) is 12.0. The molecule has 2 aromatic carbocycles. The molecule has 0 aliphatic carbocycles. The van der Waals surface area contributed by atoms with Gasteiger partial charge in [-0.05, 0) is 37.3 Å². The van der Waals surface area contributed by atoms with Crippen LogP contribution in [0.4, 0.5) is 20.2 Å². The van der Waals surface area contributed by atoms with E-state index < -0.39 is 23.6 Å². The summed E-state index contributed by atoms with van der Waals surface area (Å²) < 4.78 is 31.6. The van der Waals surface area contributed by atoms with Gasteiger partial charge in [-0.15, -0.1) is 0 Å². The Kier molecular flexibility index (Phi) is 4.37. The molecule has 1 unspecified atom stereocenters. The van der Waals surface area contributed by atoms with Crippen LogP contribution in [0.1, 0.15) is 6.92 Å².